The first-order chi connectivity index (χ1) is 15.6. The van der Waals surface area contributed by atoms with Crippen molar-refractivity contribution < 1.29 is 27.9 Å². The molecule has 0 radical (unpaired) electrons. The van der Waals surface area contributed by atoms with Crippen LogP contribution in [0.2, 0.25) is 0 Å². The van der Waals surface area contributed by atoms with Gasteiger partial charge in [0.1, 0.15) is 17.9 Å². The van der Waals surface area contributed by atoms with Crippen LogP contribution in [0.25, 0.3) is 0 Å². The van der Waals surface area contributed by atoms with Crippen LogP contribution in [0.1, 0.15) is 18.7 Å². The van der Waals surface area contributed by atoms with Crippen LogP contribution in [-0.2, 0) is 23.4 Å². The summed E-state index contributed by atoms with van der Waals surface area (Å²) in [5, 5.41) is 2.55. The van der Waals surface area contributed by atoms with Crippen molar-refractivity contribution in [3.05, 3.63) is 73.5 Å². The summed E-state index contributed by atoms with van der Waals surface area (Å²) < 4.78 is 36.8. The molecule has 0 saturated carbocycles. The number of benzene rings is 1. The number of nitrogens with zero attached hydrogens (tertiary/aromatic N) is 1. The number of ether oxygens (including phenoxy) is 2. The Bertz CT molecular complexity index is 1210. The molecule has 33 heavy (non-hydrogen) atoms. The third kappa shape index (κ3) is 6.30. The molecule has 1 unspecified atom stereocenters. The zero-order chi connectivity index (χ0) is 24.2. The molecule has 0 saturated heterocycles. The van der Waals surface area contributed by atoms with Crippen molar-refractivity contribution in [2.75, 3.05) is 13.7 Å². The van der Waals surface area contributed by atoms with Crippen LogP contribution in [0.15, 0.2) is 56.7 Å². The van der Waals surface area contributed by atoms with Crippen molar-refractivity contribution in [1.82, 2.24) is 14.6 Å². The van der Waals surface area contributed by atoms with Gasteiger partial charge in [-0.15, -0.1) is 0 Å². The summed E-state index contributed by atoms with van der Waals surface area (Å²) in [5.41, 5.74) is -0.758. The number of aromatic nitrogens is 2. The minimum absolute atomic E-state index is 0.216. The molecule has 0 spiro atoms. The summed E-state index contributed by atoms with van der Waals surface area (Å²) >= 11 is 3.31. The number of carbonyl (C=O) groups excluding carboxylic acids is 1. The number of para-hydroxylation sites is 1. The molecule has 13 heteroatoms. The largest absolute Gasteiger partial charge is 0.468 e. The predicted octanol–water partition coefficient (Wildman–Crippen LogP) is 2.42. The van der Waals surface area contributed by atoms with Gasteiger partial charge < -0.3 is 14.0 Å². The quantitative estimate of drug-likeness (QED) is 0.277. The molecule has 0 amide bonds. The van der Waals surface area contributed by atoms with Gasteiger partial charge in [-0.25, -0.2) is 9.36 Å². The molecule has 3 rings (SSSR count). The first kappa shape index (κ1) is 25.1. The lowest BCUT2D eigenvalue weighted by Gasteiger charge is -2.24. The Morgan fingerprint density at radius 3 is 2.76 bits per heavy atom. The number of carbonyl (C=O) groups is 1. The van der Waals surface area contributed by atoms with E-state index in [1.807, 2.05) is 0 Å². The van der Waals surface area contributed by atoms with E-state index >= 15 is 0 Å². The van der Waals surface area contributed by atoms with Crippen LogP contribution in [-0.4, -0.2) is 41.4 Å². The summed E-state index contributed by atoms with van der Waals surface area (Å²) in [7, 11) is -2.86. The summed E-state index contributed by atoms with van der Waals surface area (Å²) in [6.07, 6.45) is 3.16. The van der Waals surface area contributed by atoms with Crippen molar-refractivity contribution >= 4 is 29.6 Å². The monoisotopic (exact) mass is 543 g/mol. The molecule has 0 aliphatic carbocycles. The minimum Gasteiger partial charge on any atom is -0.468 e. The van der Waals surface area contributed by atoms with Gasteiger partial charge in [-0.2, -0.15) is 5.09 Å². The molecular formula is C20H23BrN3O8P. The van der Waals surface area contributed by atoms with Crippen molar-refractivity contribution in [1.29, 1.82) is 0 Å². The zero-order valence-electron chi connectivity index (χ0n) is 18.0. The number of methoxy groups -OCH3 is 1. The zero-order valence-corrected chi connectivity index (χ0v) is 20.5. The van der Waals surface area contributed by atoms with Crippen LogP contribution in [0.4, 0.5) is 0 Å². The lowest BCUT2D eigenvalue weighted by molar-refractivity contribution is -0.142. The van der Waals surface area contributed by atoms with E-state index in [9.17, 15) is 18.9 Å². The Morgan fingerprint density at radius 1 is 1.33 bits per heavy atom. The van der Waals surface area contributed by atoms with Crippen LogP contribution >= 0.6 is 23.7 Å². The van der Waals surface area contributed by atoms with Crippen molar-refractivity contribution in [2.24, 2.45) is 0 Å². The number of hydrogen-bond donors (Lipinski definition) is 2. The van der Waals surface area contributed by atoms with Crippen molar-refractivity contribution in [3.8, 4) is 5.75 Å². The summed E-state index contributed by atoms with van der Waals surface area (Å²) in [6, 6.07) is 5.73. The Kier molecular flexibility index (Phi) is 8.09. The van der Waals surface area contributed by atoms with Gasteiger partial charge in [0.25, 0.3) is 5.56 Å². The number of rotatable bonds is 9. The molecular weight excluding hydrogens is 521 g/mol. The standard InChI is InChI=1S/C20H23BrN3O8P/c1-12-10-24(20(27)22-18(12)25)17-9-8-14(31-17)11-30-33(28,23-13(2)19(26)29-3)32-16-7-5-4-6-15(16)21/h4-10,13-14,17H,11H2,1-3H3,(H,23,28)(H,22,25,27)/t13-,14-,17+,33?/m0/s1. The highest BCUT2D eigenvalue weighted by atomic mass is 79.9. The maximum Gasteiger partial charge on any atom is 0.459 e. The maximum atomic E-state index is 13.5. The molecule has 2 N–H and O–H groups in total. The predicted molar refractivity (Wildman–Crippen MR) is 122 cm³/mol. The second-order valence-corrected chi connectivity index (χ2v) is 9.67. The minimum atomic E-state index is -4.07. The summed E-state index contributed by atoms with van der Waals surface area (Å²) in [5.74, 6) is -0.416. The average Bonchev–Trinajstić information content (AvgIpc) is 3.25. The molecule has 2 aromatic rings. The van der Waals surface area contributed by atoms with Crippen LogP contribution in [0.5, 0.6) is 5.75 Å². The van der Waals surface area contributed by atoms with Crippen LogP contribution < -0.4 is 20.9 Å². The van der Waals surface area contributed by atoms with Gasteiger partial charge in [0.2, 0.25) is 0 Å². The number of aryl methyl sites for hydroxylation is 1. The summed E-state index contributed by atoms with van der Waals surface area (Å²) in [4.78, 5) is 37.7. The molecule has 1 aliphatic heterocycles. The Morgan fingerprint density at radius 2 is 2.06 bits per heavy atom. The van der Waals surface area contributed by atoms with Gasteiger partial charge in [-0.05, 0) is 48.0 Å². The van der Waals surface area contributed by atoms with Gasteiger partial charge in [0, 0.05) is 11.8 Å². The first-order valence-corrected chi connectivity index (χ1v) is 12.2. The highest BCUT2D eigenvalue weighted by Gasteiger charge is 2.34. The number of hydrogen-bond acceptors (Lipinski definition) is 8. The van der Waals surface area contributed by atoms with E-state index in [1.54, 1.807) is 43.3 Å². The topological polar surface area (TPSA) is 138 Å². The van der Waals surface area contributed by atoms with Gasteiger partial charge >= 0.3 is 19.4 Å². The first-order valence-electron chi connectivity index (χ1n) is 9.82. The number of esters is 1. The molecule has 4 atom stereocenters. The highest BCUT2D eigenvalue weighted by Crippen LogP contribution is 2.47. The van der Waals surface area contributed by atoms with E-state index in [1.165, 1.54) is 24.8 Å². The maximum absolute atomic E-state index is 13.5. The molecule has 1 aromatic heterocycles. The molecule has 0 fully saturated rings. The highest BCUT2D eigenvalue weighted by molar-refractivity contribution is 9.10. The normalized spacial score (nSPS) is 20.2. The van der Waals surface area contributed by atoms with Crippen molar-refractivity contribution in [3.63, 3.8) is 0 Å². The Hall–Kier alpha value is -2.50. The molecule has 2 heterocycles. The fraction of sp³-hybridized carbons (Fsp3) is 0.350. The van der Waals surface area contributed by atoms with E-state index in [0.717, 1.165) is 0 Å². The number of aromatic amines is 1. The second-order valence-electron chi connectivity index (χ2n) is 7.12. The van der Waals surface area contributed by atoms with Crippen LogP contribution in [0.3, 0.4) is 0 Å². The lowest BCUT2D eigenvalue weighted by atomic mass is 10.3. The third-order valence-corrected chi connectivity index (χ3v) is 6.88. The van der Waals surface area contributed by atoms with Gasteiger partial charge in [-0.1, -0.05) is 18.2 Å². The van der Waals surface area contributed by atoms with E-state index in [-0.39, 0.29) is 12.4 Å². The molecule has 0 bridgehead atoms. The fourth-order valence-corrected chi connectivity index (χ4v) is 4.91. The SMILES string of the molecule is COC(=O)[C@H](C)NP(=O)(OC[C@@H]1C=C[C@H](n2cc(C)c(=O)[nH]c2=O)O1)Oc1ccccc1Br. The van der Waals surface area contributed by atoms with Crippen molar-refractivity contribution in [2.45, 2.75) is 32.2 Å². The molecule has 1 aromatic carbocycles. The second kappa shape index (κ2) is 10.6. The molecule has 1 aliphatic rings. The Balaban J connectivity index is 1.72. The van der Waals surface area contributed by atoms with E-state index in [0.29, 0.717) is 10.0 Å². The lowest BCUT2D eigenvalue weighted by Crippen LogP contribution is -2.35. The number of H-pyrrole nitrogens is 1. The van der Waals surface area contributed by atoms with E-state index < -0.39 is 43.3 Å². The van der Waals surface area contributed by atoms with E-state index in [2.05, 4.69) is 30.7 Å². The number of halogens is 1. The summed E-state index contributed by atoms with van der Waals surface area (Å²) in [6.45, 7) is 2.81. The van der Waals surface area contributed by atoms with E-state index in [4.69, 9.17) is 13.8 Å². The fourth-order valence-electron chi connectivity index (χ4n) is 2.89. The Labute approximate surface area is 197 Å². The van der Waals surface area contributed by atoms with Gasteiger partial charge in [0.15, 0.2) is 6.23 Å². The van der Waals surface area contributed by atoms with Gasteiger partial charge in [-0.3, -0.25) is 23.7 Å². The van der Waals surface area contributed by atoms with Crippen LogP contribution in [0, 0.1) is 6.92 Å². The average molecular weight is 544 g/mol. The molecule has 178 valence electrons. The molecule has 11 nitrogen and oxygen atoms in total. The third-order valence-electron chi connectivity index (χ3n) is 4.60. The number of nitrogens with one attached hydrogen (secondary N) is 2. The van der Waals surface area contributed by atoms with Gasteiger partial charge in [0.05, 0.1) is 18.2 Å². The smallest absolute Gasteiger partial charge is 0.459 e.